The maximum Gasteiger partial charge on any atom is 0.338 e. The molecule has 9 nitrogen and oxygen atoms in total. The second-order valence-electron chi connectivity index (χ2n) is 4.81. The molecule has 9 heteroatoms. The van der Waals surface area contributed by atoms with E-state index >= 15 is 0 Å². The molecule has 0 fully saturated rings. The predicted molar refractivity (Wildman–Crippen MR) is 80.6 cm³/mol. The number of anilines is 1. The highest BCUT2D eigenvalue weighted by Gasteiger charge is 2.20. The predicted octanol–water partition coefficient (Wildman–Crippen LogP) is 2.27. The van der Waals surface area contributed by atoms with Crippen molar-refractivity contribution in [3.63, 3.8) is 0 Å². The number of nitrogens with zero attached hydrogens (tertiary/aromatic N) is 1. The van der Waals surface area contributed by atoms with Gasteiger partial charge in [0.05, 0.1) is 16.2 Å². The molecule has 1 aliphatic heterocycles. The van der Waals surface area contributed by atoms with Crippen molar-refractivity contribution in [3.8, 4) is 11.5 Å². The molecule has 0 unspecified atom stereocenters. The topological polar surface area (TPSA) is 128 Å². The fraction of sp³-hybridized carbons (Fsp3) is 0.0667. The summed E-state index contributed by atoms with van der Waals surface area (Å²) in [6.45, 7) is 0.0614. The molecule has 0 aliphatic carbocycles. The highest BCUT2D eigenvalue weighted by molar-refractivity contribution is 6.08. The lowest BCUT2D eigenvalue weighted by molar-refractivity contribution is -0.384. The van der Waals surface area contributed by atoms with Crippen LogP contribution < -0.4 is 14.8 Å². The Bertz CT molecular complexity index is 863. The van der Waals surface area contributed by atoms with E-state index in [4.69, 9.17) is 9.47 Å². The van der Waals surface area contributed by atoms with Crippen LogP contribution in [0.5, 0.6) is 11.5 Å². The number of carbonyl (C=O) groups excluding carboxylic acids is 1. The molecule has 0 saturated carbocycles. The van der Waals surface area contributed by atoms with Crippen LogP contribution in [0.25, 0.3) is 0 Å². The first-order valence-corrected chi connectivity index (χ1v) is 6.68. The summed E-state index contributed by atoms with van der Waals surface area (Å²) in [6.07, 6.45) is 0. The van der Waals surface area contributed by atoms with Crippen LogP contribution in [-0.2, 0) is 0 Å². The summed E-state index contributed by atoms with van der Waals surface area (Å²) in [5.41, 5.74) is -0.573. The van der Waals surface area contributed by atoms with E-state index in [9.17, 15) is 24.8 Å². The number of aromatic carboxylic acids is 1. The number of ether oxygens (including phenoxy) is 2. The molecular formula is C15H10N2O7. The summed E-state index contributed by atoms with van der Waals surface area (Å²) in [6, 6.07) is 7.69. The van der Waals surface area contributed by atoms with Gasteiger partial charge in [0.25, 0.3) is 11.6 Å². The monoisotopic (exact) mass is 330 g/mol. The third-order valence-electron chi connectivity index (χ3n) is 3.33. The van der Waals surface area contributed by atoms with E-state index in [1.807, 2.05) is 0 Å². The summed E-state index contributed by atoms with van der Waals surface area (Å²) in [5, 5.41) is 22.3. The molecule has 0 spiro atoms. The molecule has 0 atom stereocenters. The lowest BCUT2D eigenvalue weighted by Crippen LogP contribution is -2.15. The second kappa shape index (κ2) is 5.88. The van der Waals surface area contributed by atoms with Crippen molar-refractivity contribution in [3.05, 3.63) is 57.6 Å². The van der Waals surface area contributed by atoms with Gasteiger partial charge in [0, 0.05) is 17.7 Å². The molecule has 2 aromatic rings. The Morgan fingerprint density at radius 1 is 1.12 bits per heavy atom. The quantitative estimate of drug-likeness (QED) is 0.650. The van der Waals surface area contributed by atoms with Crippen molar-refractivity contribution < 1.29 is 29.1 Å². The van der Waals surface area contributed by atoms with Crippen LogP contribution in [-0.4, -0.2) is 28.7 Å². The number of hydrogen-bond donors (Lipinski definition) is 2. The molecule has 0 saturated heterocycles. The van der Waals surface area contributed by atoms with Crippen molar-refractivity contribution in [2.24, 2.45) is 0 Å². The Hall–Kier alpha value is -3.62. The van der Waals surface area contributed by atoms with E-state index in [1.165, 1.54) is 18.2 Å². The van der Waals surface area contributed by atoms with E-state index in [2.05, 4.69) is 5.32 Å². The van der Waals surface area contributed by atoms with Gasteiger partial charge in [0.15, 0.2) is 11.5 Å². The number of nitro benzene ring substituents is 1. The molecule has 1 heterocycles. The number of carbonyl (C=O) groups is 2. The van der Waals surface area contributed by atoms with E-state index in [1.54, 1.807) is 6.07 Å². The van der Waals surface area contributed by atoms with Gasteiger partial charge < -0.3 is 19.9 Å². The molecule has 0 bridgehead atoms. The Morgan fingerprint density at radius 2 is 1.88 bits per heavy atom. The van der Waals surface area contributed by atoms with Gasteiger partial charge in [0.2, 0.25) is 6.79 Å². The van der Waals surface area contributed by atoms with E-state index < -0.39 is 16.8 Å². The first kappa shape index (κ1) is 15.3. The van der Waals surface area contributed by atoms with Crippen LogP contribution in [0.15, 0.2) is 36.4 Å². The number of non-ortho nitro benzene ring substituents is 1. The average Bonchev–Trinajstić information content (AvgIpc) is 3.02. The third kappa shape index (κ3) is 2.82. The number of amides is 1. The Labute approximate surface area is 134 Å². The SMILES string of the molecule is O=C(Nc1ccc([N+](=O)[O-])cc1C(=O)O)c1ccc2c(c1)OCO2. The number of rotatable bonds is 4. The lowest BCUT2D eigenvalue weighted by Gasteiger charge is -2.09. The molecule has 0 radical (unpaired) electrons. The molecule has 1 amide bonds. The first-order valence-electron chi connectivity index (χ1n) is 6.68. The first-order chi connectivity index (χ1) is 11.5. The van der Waals surface area contributed by atoms with Gasteiger partial charge in [-0.2, -0.15) is 0 Å². The van der Waals surface area contributed by atoms with Crippen LogP contribution in [0, 0.1) is 10.1 Å². The van der Waals surface area contributed by atoms with Gasteiger partial charge in [-0.3, -0.25) is 14.9 Å². The second-order valence-corrected chi connectivity index (χ2v) is 4.81. The minimum absolute atomic E-state index is 0.0456. The Kier molecular flexibility index (Phi) is 3.74. The molecule has 122 valence electrons. The van der Waals surface area contributed by atoms with E-state index in [0.29, 0.717) is 11.5 Å². The van der Waals surface area contributed by atoms with Crippen LogP contribution in [0.1, 0.15) is 20.7 Å². The summed E-state index contributed by atoms with van der Waals surface area (Å²) in [4.78, 5) is 33.6. The van der Waals surface area contributed by atoms with Crippen LogP contribution in [0.3, 0.4) is 0 Å². The number of nitro groups is 1. The number of fused-ring (bicyclic) bond motifs is 1. The summed E-state index contributed by atoms with van der Waals surface area (Å²) in [7, 11) is 0. The standard InChI is InChI=1S/C15H10N2O7/c18-14(8-1-4-12-13(5-8)24-7-23-12)16-11-3-2-9(17(21)22)6-10(11)15(19)20/h1-6H,7H2,(H,16,18)(H,19,20). The zero-order valence-corrected chi connectivity index (χ0v) is 12.0. The minimum atomic E-state index is -1.39. The Morgan fingerprint density at radius 3 is 2.58 bits per heavy atom. The number of nitrogens with one attached hydrogen (secondary N) is 1. The van der Waals surface area contributed by atoms with Crippen molar-refractivity contribution in [2.45, 2.75) is 0 Å². The fourth-order valence-corrected chi connectivity index (χ4v) is 2.16. The molecule has 2 aromatic carbocycles. The van der Waals surface area contributed by atoms with Gasteiger partial charge in [-0.25, -0.2) is 4.79 Å². The van der Waals surface area contributed by atoms with Crippen molar-refractivity contribution >= 4 is 23.3 Å². The largest absolute Gasteiger partial charge is 0.478 e. The Balaban J connectivity index is 1.89. The molecule has 3 rings (SSSR count). The minimum Gasteiger partial charge on any atom is -0.478 e. The maximum absolute atomic E-state index is 12.3. The summed E-state index contributed by atoms with van der Waals surface area (Å²) < 4.78 is 10.3. The van der Waals surface area contributed by atoms with Gasteiger partial charge in [-0.1, -0.05) is 0 Å². The van der Waals surface area contributed by atoms with Gasteiger partial charge >= 0.3 is 5.97 Å². The number of carboxylic acids is 1. The number of carboxylic acid groups (broad SMARTS) is 1. The zero-order valence-electron chi connectivity index (χ0n) is 12.0. The zero-order chi connectivity index (χ0) is 17.3. The van der Waals surface area contributed by atoms with E-state index in [0.717, 1.165) is 12.1 Å². The number of benzene rings is 2. The van der Waals surface area contributed by atoms with Gasteiger partial charge in [-0.05, 0) is 24.3 Å². The highest BCUT2D eigenvalue weighted by Crippen LogP contribution is 2.33. The molecule has 1 aliphatic rings. The maximum atomic E-state index is 12.3. The molecular weight excluding hydrogens is 320 g/mol. The van der Waals surface area contributed by atoms with Crippen molar-refractivity contribution in [2.75, 3.05) is 12.1 Å². The van der Waals surface area contributed by atoms with Gasteiger partial charge in [0.1, 0.15) is 0 Å². The normalized spacial score (nSPS) is 11.8. The van der Waals surface area contributed by atoms with Crippen LogP contribution in [0.4, 0.5) is 11.4 Å². The number of hydrogen-bond acceptors (Lipinski definition) is 6. The third-order valence-corrected chi connectivity index (χ3v) is 3.33. The smallest absolute Gasteiger partial charge is 0.338 e. The average molecular weight is 330 g/mol. The summed E-state index contributed by atoms with van der Waals surface area (Å²) in [5.74, 6) is -1.05. The molecule has 24 heavy (non-hydrogen) atoms. The summed E-state index contributed by atoms with van der Waals surface area (Å²) >= 11 is 0. The highest BCUT2D eigenvalue weighted by atomic mass is 16.7. The fourth-order valence-electron chi connectivity index (χ4n) is 2.16. The lowest BCUT2D eigenvalue weighted by atomic mass is 10.1. The molecule has 0 aromatic heterocycles. The van der Waals surface area contributed by atoms with Crippen LogP contribution in [0.2, 0.25) is 0 Å². The van der Waals surface area contributed by atoms with Crippen LogP contribution >= 0.6 is 0 Å². The molecule has 2 N–H and O–H groups in total. The van der Waals surface area contributed by atoms with Crippen molar-refractivity contribution in [1.29, 1.82) is 0 Å². The van der Waals surface area contributed by atoms with Gasteiger partial charge in [-0.15, -0.1) is 0 Å². The van der Waals surface area contributed by atoms with Crippen molar-refractivity contribution in [1.82, 2.24) is 0 Å². The van der Waals surface area contributed by atoms with E-state index in [-0.39, 0.29) is 29.3 Å².